The van der Waals surface area contributed by atoms with Gasteiger partial charge in [-0.05, 0) is 11.6 Å². The second-order valence-corrected chi connectivity index (χ2v) is 2.77. The molecule has 3 heteroatoms. The highest BCUT2D eigenvalue weighted by molar-refractivity contribution is 5.55. The van der Waals surface area contributed by atoms with Gasteiger partial charge in [-0.1, -0.05) is 18.2 Å². The Balaban J connectivity index is 2.52. The molecule has 0 aromatic carbocycles. The van der Waals surface area contributed by atoms with Gasteiger partial charge in [0.05, 0.1) is 5.69 Å². The van der Waals surface area contributed by atoms with Crippen molar-refractivity contribution in [1.82, 2.24) is 4.98 Å². The predicted molar refractivity (Wildman–Crippen MR) is 44.2 cm³/mol. The minimum atomic E-state index is -0.883. The molecule has 62 valence electrons. The smallest absolute Gasteiger partial charge is 0.126 e. The van der Waals surface area contributed by atoms with E-state index >= 15 is 0 Å². The largest absolute Gasteiger partial charge is 0.386 e. The average Bonchev–Trinajstić information content (AvgIpc) is 2.12. The molecule has 2 rings (SSSR count). The third-order valence-corrected chi connectivity index (χ3v) is 1.95. The fourth-order valence-electron chi connectivity index (χ4n) is 1.29. The molecule has 0 saturated carbocycles. The molecule has 0 fully saturated rings. The van der Waals surface area contributed by atoms with Crippen molar-refractivity contribution < 1.29 is 10.2 Å². The molecule has 2 atom stereocenters. The molecule has 2 N–H and O–H groups in total. The van der Waals surface area contributed by atoms with Crippen molar-refractivity contribution in [3.63, 3.8) is 0 Å². The lowest BCUT2D eigenvalue weighted by atomic mass is 9.98. The van der Waals surface area contributed by atoms with E-state index in [-0.39, 0.29) is 0 Å². The maximum absolute atomic E-state index is 9.47. The van der Waals surface area contributed by atoms with Gasteiger partial charge < -0.3 is 10.2 Å². The van der Waals surface area contributed by atoms with Crippen LogP contribution in [0.3, 0.4) is 0 Å². The maximum atomic E-state index is 9.47. The summed E-state index contributed by atoms with van der Waals surface area (Å²) in [6.07, 6.45) is 3.22. The summed E-state index contributed by atoms with van der Waals surface area (Å²) in [4.78, 5) is 3.99. The lowest BCUT2D eigenvalue weighted by Gasteiger charge is -2.19. The summed E-state index contributed by atoms with van der Waals surface area (Å²) in [5.41, 5.74) is 1.42. The Morgan fingerprint density at radius 2 is 2.17 bits per heavy atom. The van der Waals surface area contributed by atoms with Gasteiger partial charge in [0, 0.05) is 6.20 Å². The number of pyridine rings is 1. The van der Waals surface area contributed by atoms with Crippen LogP contribution in [0.15, 0.2) is 24.4 Å². The van der Waals surface area contributed by atoms with Crippen molar-refractivity contribution in [3.8, 4) is 0 Å². The topological polar surface area (TPSA) is 53.4 Å². The summed E-state index contributed by atoms with van der Waals surface area (Å²) in [6, 6.07) is 3.65. The Bertz CT molecular complexity index is 322. The van der Waals surface area contributed by atoms with Crippen LogP contribution in [0.5, 0.6) is 0 Å². The normalized spacial score (nSPS) is 26.8. The Labute approximate surface area is 70.0 Å². The van der Waals surface area contributed by atoms with Crippen LogP contribution >= 0.6 is 0 Å². The standard InChI is InChI=1S/C9H9NO2/c11-7-4-3-6-2-1-5-10-8(6)9(7)12/h1-5,7,9,11-12H/t7-,9-/m0/s1. The molecule has 1 aliphatic carbocycles. The van der Waals surface area contributed by atoms with Crippen LogP contribution in [0.2, 0.25) is 0 Å². The van der Waals surface area contributed by atoms with Crippen LogP contribution in [-0.4, -0.2) is 21.3 Å². The first kappa shape index (κ1) is 7.46. The molecule has 0 aliphatic heterocycles. The van der Waals surface area contributed by atoms with E-state index in [9.17, 15) is 10.2 Å². The van der Waals surface area contributed by atoms with Crippen molar-refractivity contribution in [2.75, 3.05) is 0 Å². The van der Waals surface area contributed by atoms with Crippen molar-refractivity contribution in [3.05, 3.63) is 35.7 Å². The van der Waals surface area contributed by atoms with Gasteiger partial charge in [-0.25, -0.2) is 0 Å². The van der Waals surface area contributed by atoms with E-state index in [1.165, 1.54) is 0 Å². The van der Waals surface area contributed by atoms with Crippen LogP contribution in [0.25, 0.3) is 6.08 Å². The van der Waals surface area contributed by atoms with Crippen LogP contribution < -0.4 is 0 Å². The van der Waals surface area contributed by atoms with Gasteiger partial charge in [-0.15, -0.1) is 0 Å². The van der Waals surface area contributed by atoms with Crippen molar-refractivity contribution in [2.24, 2.45) is 0 Å². The molecule has 1 aromatic rings. The van der Waals surface area contributed by atoms with Gasteiger partial charge in [0.15, 0.2) is 0 Å². The van der Waals surface area contributed by atoms with Crippen molar-refractivity contribution in [1.29, 1.82) is 0 Å². The van der Waals surface area contributed by atoms with Crippen LogP contribution in [-0.2, 0) is 0 Å². The lowest BCUT2D eigenvalue weighted by Crippen LogP contribution is -2.20. The van der Waals surface area contributed by atoms with E-state index in [1.54, 1.807) is 24.4 Å². The number of aromatic nitrogens is 1. The Morgan fingerprint density at radius 1 is 1.33 bits per heavy atom. The van der Waals surface area contributed by atoms with Gasteiger partial charge in [0.1, 0.15) is 12.2 Å². The quantitative estimate of drug-likeness (QED) is 0.585. The van der Waals surface area contributed by atoms with Crippen LogP contribution in [0.1, 0.15) is 17.4 Å². The van der Waals surface area contributed by atoms with Crippen LogP contribution in [0.4, 0.5) is 0 Å². The van der Waals surface area contributed by atoms with E-state index < -0.39 is 12.2 Å². The zero-order valence-corrected chi connectivity index (χ0v) is 6.38. The SMILES string of the molecule is O[C@@H]1c2ncccc2C=C[C@@H]1O. The molecule has 0 radical (unpaired) electrons. The predicted octanol–water partition coefficient (Wildman–Crippen LogP) is 0.503. The van der Waals surface area contributed by atoms with E-state index in [1.807, 2.05) is 6.07 Å². The first-order valence-corrected chi connectivity index (χ1v) is 3.78. The summed E-state index contributed by atoms with van der Waals surface area (Å²) >= 11 is 0. The fraction of sp³-hybridized carbons (Fsp3) is 0.222. The van der Waals surface area contributed by atoms with Gasteiger partial charge >= 0.3 is 0 Å². The maximum Gasteiger partial charge on any atom is 0.126 e. The minimum Gasteiger partial charge on any atom is -0.386 e. The molecule has 0 unspecified atom stereocenters. The summed E-state index contributed by atoms with van der Waals surface area (Å²) in [5, 5.41) is 18.7. The highest BCUT2D eigenvalue weighted by Gasteiger charge is 2.22. The minimum absolute atomic E-state index is 0.549. The monoisotopic (exact) mass is 163 g/mol. The van der Waals surface area contributed by atoms with E-state index in [0.717, 1.165) is 5.56 Å². The fourth-order valence-corrected chi connectivity index (χ4v) is 1.29. The molecule has 12 heavy (non-hydrogen) atoms. The molecule has 1 heterocycles. The van der Waals surface area contributed by atoms with Gasteiger partial charge in [-0.2, -0.15) is 0 Å². The highest BCUT2D eigenvalue weighted by atomic mass is 16.3. The van der Waals surface area contributed by atoms with E-state index in [2.05, 4.69) is 4.98 Å². The molecule has 0 amide bonds. The first-order chi connectivity index (χ1) is 5.79. The summed E-state index contributed by atoms with van der Waals surface area (Å²) in [6.45, 7) is 0. The molecular weight excluding hydrogens is 154 g/mol. The zero-order chi connectivity index (χ0) is 8.55. The second-order valence-electron chi connectivity index (χ2n) is 2.77. The number of hydrogen-bond donors (Lipinski definition) is 2. The summed E-state index contributed by atoms with van der Waals surface area (Å²) in [5.74, 6) is 0. The summed E-state index contributed by atoms with van der Waals surface area (Å²) < 4.78 is 0. The first-order valence-electron chi connectivity index (χ1n) is 3.78. The number of rotatable bonds is 0. The third kappa shape index (κ3) is 1.03. The number of hydrogen-bond acceptors (Lipinski definition) is 3. The molecule has 1 aliphatic rings. The van der Waals surface area contributed by atoms with E-state index in [4.69, 9.17) is 0 Å². The average molecular weight is 163 g/mol. The Morgan fingerprint density at radius 3 is 3.00 bits per heavy atom. The molecule has 3 nitrogen and oxygen atoms in total. The van der Waals surface area contributed by atoms with Crippen molar-refractivity contribution in [2.45, 2.75) is 12.2 Å². The highest BCUT2D eigenvalue weighted by Crippen LogP contribution is 2.25. The Kier molecular flexibility index (Phi) is 1.67. The third-order valence-electron chi connectivity index (χ3n) is 1.95. The number of aliphatic hydroxyl groups is 2. The summed E-state index contributed by atoms with van der Waals surface area (Å²) in [7, 11) is 0. The second kappa shape index (κ2) is 2.69. The Hall–Kier alpha value is -1.19. The molecule has 0 saturated heterocycles. The van der Waals surface area contributed by atoms with E-state index in [0.29, 0.717) is 5.69 Å². The zero-order valence-electron chi connectivity index (χ0n) is 6.38. The molecule has 0 spiro atoms. The molecule has 0 bridgehead atoms. The number of nitrogens with zero attached hydrogens (tertiary/aromatic N) is 1. The molecular formula is C9H9NO2. The molecule has 1 aromatic heterocycles. The number of aliphatic hydroxyl groups excluding tert-OH is 2. The van der Waals surface area contributed by atoms with Crippen LogP contribution in [0, 0.1) is 0 Å². The van der Waals surface area contributed by atoms with Gasteiger partial charge in [-0.3, -0.25) is 4.98 Å². The van der Waals surface area contributed by atoms with Crippen molar-refractivity contribution >= 4 is 6.08 Å². The lowest BCUT2D eigenvalue weighted by molar-refractivity contribution is 0.0440. The van der Waals surface area contributed by atoms with Gasteiger partial charge in [0.25, 0.3) is 0 Å². The van der Waals surface area contributed by atoms with Gasteiger partial charge in [0.2, 0.25) is 0 Å². The number of fused-ring (bicyclic) bond motifs is 1.